The normalized spacial score (nSPS) is 11.6. The van der Waals surface area contributed by atoms with E-state index < -0.39 is 0 Å². The molecule has 1 heterocycles. The van der Waals surface area contributed by atoms with E-state index in [4.69, 9.17) is 9.47 Å². The van der Waals surface area contributed by atoms with E-state index >= 15 is 0 Å². The zero-order valence-corrected chi connectivity index (χ0v) is 18.7. The van der Waals surface area contributed by atoms with E-state index in [1.54, 1.807) is 32.2 Å². The highest BCUT2D eigenvalue weighted by Crippen LogP contribution is 2.32. The molecular weight excluding hydrogens is 414 g/mol. The van der Waals surface area contributed by atoms with Crippen molar-refractivity contribution in [2.45, 2.75) is 30.7 Å². The minimum absolute atomic E-state index is 0.0947. The van der Waals surface area contributed by atoms with Gasteiger partial charge in [-0.1, -0.05) is 42.1 Å². The molecule has 1 aromatic heterocycles. The van der Waals surface area contributed by atoms with Gasteiger partial charge in [0, 0.05) is 22.6 Å². The smallest absolute Gasteiger partial charge is 0.255 e. The summed E-state index contributed by atoms with van der Waals surface area (Å²) >= 11 is 1.47. The first-order valence-electron chi connectivity index (χ1n) is 9.74. The molecule has 0 aliphatic carbocycles. The van der Waals surface area contributed by atoms with Gasteiger partial charge in [-0.25, -0.2) is 4.98 Å². The third-order valence-electron chi connectivity index (χ3n) is 4.78. The van der Waals surface area contributed by atoms with Gasteiger partial charge in [0.05, 0.1) is 26.3 Å². The molecule has 2 aromatic carbocycles. The van der Waals surface area contributed by atoms with Gasteiger partial charge >= 0.3 is 0 Å². The number of aromatic nitrogens is 2. The Balaban J connectivity index is 1.72. The second-order valence-electron chi connectivity index (χ2n) is 6.90. The van der Waals surface area contributed by atoms with Crippen LogP contribution in [0.4, 0.5) is 5.69 Å². The highest BCUT2D eigenvalue weighted by atomic mass is 32.2. The summed E-state index contributed by atoms with van der Waals surface area (Å²) in [6, 6.07) is 15.1. The van der Waals surface area contributed by atoms with E-state index in [9.17, 15) is 9.59 Å². The molecule has 0 radical (unpaired) electrons. The van der Waals surface area contributed by atoms with Crippen LogP contribution in [0.1, 0.15) is 29.0 Å². The van der Waals surface area contributed by atoms with E-state index in [1.165, 1.54) is 18.9 Å². The number of carbonyl (C=O) groups excluding carboxylic acids is 1. The molecule has 0 aliphatic heterocycles. The van der Waals surface area contributed by atoms with Gasteiger partial charge in [0.2, 0.25) is 5.91 Å². The van der Waals surface area contributed by atoms with Gasteiger partial charge in [-0.05, 0) is 31.5 Å². The number of H-pyrrole nitrogens is 1. The van der Waals surface area contributed by atoms with Crippen LogP contribution in [-0.4, -0.2) is 30.1 Å². The number of thioether (sulfide) groups is 1. The van der Waals surface area contributed by atoms with Crippen LogP contribution >= 0.6 is 11.8 Å². The number of nitrogens with zero attached hydrogens (tertiary/aromatic N) is 1. The van der Waals surface area contributed by atoms with E-state index in [0.717, 1.165) is 5.56 Å². The molecule has 3 aromatic rings. The molecule has 0 aliphatic rings. The van der Waals surface area contributed by atoms with Crippen LogP contribution in [0.2, 0.25) is 0 Å². The molecule has 0 saturated heterocycles. The number of ether oxygens (including phenoxy) is 2. The average molecular weight is 440 g/mol. The van der Waals surface area contributed by atoms with Crippen molar-refractivity contribution in [1.82, 2.24) is 9.97 Å². The number of hydrogen-bond acceptors (Lipinski definition) is 6. The fraction of sp³-hybridized carbons (Fsp3) is 0.261. The predicted molar refractivity (Wildman–Crippen MR) is 122 cm³/mol. The Morgan fingerprint density at radius 2 is 1.90 bits per heavy atom. The molecule has 2 N–H and O–H groups in total. The van der Waals surface area contributed by atoms with Crippen molar-refractivity contribution in [2.24, 2.45) is 0 Å². The van der Waals surface area contributed by atoms with Gasteiger partial charge in [0.25, 0.3) is 5.56 Å². The monoisotopic (exact) mass is 439 g/mol. The first kappa shape index (κ1) is 22.4. The van der Waals surface area contributed by atoms with Crippen LogP contribution in [0.3, 0.4) is 0 Å². The molecule has 0 saturated carbocycles. The van der Waals surface area contributed by atoms with Crippen LogP contribution in [0.25, 0.3) is 0 Å². The third kappa shape index (κ3) is 5.67. The largest absolute Gasteiger partial charge is 0.497 e. The fourth-order valence-corrected chi connectivity index (χ4v) is 4.03. The maximum atomic E-state index is 12.6. The second-order valence-corrected chi connectivity index (χ2v) is 8.23. The predicted octanol–water partition coefficient (Wildman–Crippen LogP) is 4.13. The minimum Gasteiger partial charge on any atom is -0.497 e. The van der Waals surface area contributed by atoms with Crippen LogP contribution in [0.15, 0.2) is 58.5 Å². The standard InChI is InChI=1S/C23H25N3O4S/c1-14-18(13-21(27)25-19-11-10-17(29-3)12-20(19)30-4)22(28)26-23(24-14)31-15(2)16-8-6-5-7-9-16/h5-12,15H,13H2,1-4H3,(H,25,27)(H,24,26,28)/t15-/m0/s1. The molecule has 0 fully saturated rings. The Hall–Kier alpha value is -3.26. The van der Waals surface area contributed by atoms with Crippen molar-refractivity contribution in [1.29, 1.82) is 0 Å². The van der Waals surface area contributed by atoms with Gasteiger partial charge in [-0.3, -0.25) is 9.59 Å². The third-order valence-corrected chi connectivity index (χ3v) is 5.82. The van der Waals surface area contributed by atoms with Crippen LogP contribution in [0, 0.1) is 6.92 Å². The molecular formula is C23H25N3O4S. The summed E-state index contributed by atoms with van der Waals surface area (Å²) in [5, 5.41) is 3.43. The van der Waals surface area contributed by atoms with Crippen molar-refractivity contribution < 1.29 is 14.3 Å². The van der Waals surface area contributed by atoms with Gasteiger partial charge in [0.1, 0.15) is 11.5 Å². The van der Waals surface area contributed by atoms with Gasteiger partial charge in [-0.15, -0.1) is 0 Å². The van der Waals surface area contributed by atoms with E-state index in [0.29, 0.717) is 33.6 Å². The summed E-state index contributed by atoms with van der Waals surface area (Å²) in [4.78, 5) is 32.5. The number of nitrogens with one attached hydrogen (secondary N) is 2. The summed E-state index contributed by atoms with van der Waals surface area (Å²) in [7, 11) is 3.06. The summed E-state index contributed by atoms with van der Waals surface area (Å²) in [5.74, 6) is 0.749. The van der Waals surface area contributed by atoms with Crippen molar-refractivity contribution in [2.75, 3.05) is 19.5 Å². The second kappa shape index (κ2) is 10.2. The minimum atomic E-state index is -0.336. The lowest BCUT2D eigenvalue weighted by atomic mass is 10.1. The molecule has 0 unspecified atom stereocenters. The van der Waals surface area contributed by atoms with E-state index in [2.05, 4.69) is 22.2 Å². The van der Waals surface area contributed by atoms with Crippen molar-refractivity contribution >= 4 is 23.4 Å². The molecule has 0 spiro atoms. The van der Waals surface area contributed by atoms with Gasteiger partial charge in [-0.2, -0.15) is 0 Å². The molecule has 8 heteroatoms. The number of aromatic amines is 1. The molecule has 1 amide bonds. The Kier molecular flexibility index (Phi) is 7.36. The van der Waals surface area contributed by atoms with Gasteiger partial charge < -0.3 is 19.8 Å². The van der Waals surface area contributed by atoms with Crippen molar-refractivity contribution in [3.05, 3.63) is 75.7 Å². The van der Waals surface area contributed by atoms with E-state index in [1.807, 2.05) is 30.3 Å². The fourth-order valence-electron chi connectivity index (χ4n) is 3.06. The number of aryl methyl sites for hydroxylation is 1. The first-order valence-corrected chi connectivity index (χ1v) is 10.6. The topological polar surface area (TPSA) is 93.3 Å². The zero-order valence-electron chi connectivity index (χ0n) is 17.9. The Labute approximate surface area is 185 Å². The molecule has 0 bridgehead atoms. The molecule has 7 nitrogen and oxygen atoms in total. The molecule has 1 atom stereocenters. The Bertz CT molecular complexity index is 1120. The number of hydrogen-bond donors (Lipinski definition) is 2. The number of carbonyl (C=O) groups is 1. The van der Waals surface area contributed by atoms with Crippen LogP contribution < -0.4 is 20.3 Å². The van der Waals surface area contributed by atoms with Gasteiger partial charge in [0.15, 0.2) is 5.16 Å². The van der Waals surface area contributed by atoms with Crippen molar-refractivity contribution in [3.63, 3.8) is 0 Å². The number of anilines is 1. The summed E-state index contributed by atoms with van der Waals surface area (Å²) in [6.45, 7) is 3.79. The molecule has 3 rings (SSSR count). The number of rotatable bonds is 8. The van der Waals surface area contributed by atoms with Crippen LogP contribution in [0.5, 0.6) is 11.5 Å². The lowest BCUT2D eigenvalue weighted by Gasteiger charge is -2.13. The number of methoxy groups -OCH3 is 2. The number of benzene rings is 2. The Morgan fingerprint density at radius 3 is 2.55 bits per heavy atom. The first-order chi connectivity index (χ1) is 14.9. The highest BCUT2D eigenvalue weighted by Gasteiger charge is 2.16. The molecule has 31 heavy (non-hydrogen) atoms. The zero-order chi connectivity index (χ0) is 22.4. The Morgan fingerprint density at radius 1 is 1.16 bits per heavy atom. The maximum absolute atomic E-state index is 12.6. The van der Waals surface area contributed by atoms with E-state index in [-0.39, 0.29) is 23.1 Å². The summed E-state index contributed by atoms with van der Waals surface area (Å²) in [5.41, 5.74) is 2.20. The highest BCUT2D eigenvalue weighted by molar-refractivity contribution is 7.99. The summed E-state index contributed by atoms with van der Waals surface area (Å²) in [6.07, 6.45) is -0.0947. The lowest BCUT2D eigenvalue weighted by Crippen LogP contribution is -2.24. The quantitative estimate of drug-likeness (QED) is 0.405. The van der Waals surface area contributed by atoms with Crippen molar-refractivity contribution in [3.8, 4) is 11.5 Å². The molecule has 162 valence electrons. The SMILES string of the molecule is COc1ccc(NC(=O)Cc2c(C)nc(S[C@@H](C)c3ccccc3)[nH]c2=O)c(OC)c1. The van der Waals surface area contributed by atoms with Crippen LogP contribution in [-0.2, 0) is 11.2 Å². The maximum Gasteiger partial charge on any atom is 0.255 e. The number of amides is 1. The summed E-state index contributed by atoms with van der Waals surface area (Å²) < 4.78 is 10.5. The average Bonchev–Trinajstić information content (AvgIpc) is 2.77. The lowest BCUT2D eigenvalue weighted by molar-refractivity contribution is -0.115.